The van der Waals surface area contributed by atoms with Gasteiger partial charge in [-0.15, -0.1) is 0 Å². The molecule has 0 spiro atoms. The minimum absolute atomic E-state index is 0.162. The molecule has 0 radical (unpaired) electrons. The topological polar surface area (TPSA) is 26.3 Å². The van der Waals surface area contributed by atoms with Gasteiger partial charge >= 0.3 is 0 Å². The van der Waals surface area contributed by atoms with Crippen molar-refractivity contribution in [2.75, 3.05) is 0 Å². The third kappa shape index (κ3) is 2.68. The summed E-state index contributed by atoms with van der Waals surface area (Å²) in [5.41, 5.74) is 2.48. The summed E-state index contributed by atoms with van der Waals surface area (Å²) in [4.78, 5) is 12.5. The Hall–Kier alpha value is -2.16. The minimum Gasteiger partial charge on any atom is -0.487 e. The van der Waals surface area contributed by atoms with E-state index in [4.69, 9.17) is 4.74 Å². The molecule has 1 aliphatic heterocycles. The standard InChI is InChI=1S/C18H17FO2/c1-11-6-13(9-15(19)7-11)17(20)12-4-5-16-14(8-12)10-18(2,3)21-16/h4-9H,10H2,1-3H3. The van der Waals surface area contributed by atoms with Crippen LogP contribution in [0.15, 0.2) is 36.4 Å². The predicted molar refractivity (Wildman–Crippen MR) is 79.4 cm³/mol. The Morgan fingerprint density at radius 3 is 2.62 bits per heavy atom. The Morgan fingerprint density at radius 1 is 1.14 bits per heavy atom. The largest absolute Gasteiger partial charge is 0.487 e. The van der Waals surface area contributed by atoms with Gasteiger partial charge in [0.1, 0.15) is 17.2 Å². The lowest BCUT2D eigenvalue weighted by Gasteiger charge is -2.16. The molecule has 0 unspecified atom stereocenters. The van der Waals surface area contributed by atoms with Crippen molar-refractivity contribution in [1.82, 2.24) is 0 Å². The van der Waals surface area contributed by atoms with Crippen LogP contribution in [0.2, 0.25) is 0 Å². The van der Waals surface area contributed by atoms with E-state index in [1.54, 1.807) is 19.1 Å². The fraction of sp³-hybridized carbons (Fsp3) is 0.278. The summed E-state index contributed by atoms with van der Waals surface area (Å²) in [6.45, 7) is 5.81. The lowest BCUT2D eigenvalue weighted by atomic mass is 9.96. The Labute approximate surface area is 123 Å². The van der Waals surface area contributed by atoms with Gasteiger partial charge < -0.3 is 4.74 Å². The molecular weight excluding hydrogens is 267 g/mol. The van der Waals surface area contributed by atoms with Crippen molar-refractivity contribution >= 4 is 5.78 Å². The number of hydrogen-bond donors (Lipinski definition) is 0. The van der Waals surface area contributed by atoms with Gasteiger partial charge in [-0.1, -0.05) is 0 Å². The van der Waals surface area contributed by atoms with Gasteiger partial charge in [-0.25, -0.2) is 4.39 Å². The molecule has 0 atom stereocenters. The highest BCUT2D eigenvalue weighted by molar-refractivity contribution is 6.09. The summed E-state index contributed by atoms with van der Waals surface area (Å²) >= 11 is 0. The second kappa shape index (κ2) is 4.69. The molecule has 0 amide bonds. The Morgan fingerprint density at radius 2 is 1.90 bits per heavy atom. The van der Waals surface area contributed by atoms with E-state index in [1.807, 2.05) is 26.0 Å². The van der Waals surface area contributed by atoms with E-state index in [9.17, 15) is 9.18 Å². The van der Waals surface area contributed by atoms with Crippen LogP contribution >= 0.6 is 0 Å². The minimum atomic E-state index is -0.385. The normalized spacial score (nSPS) is 15.4. The molecule has 21 heavy (non-hydrogen) atoms. The van der Waals surface area contributed by atoms with Crippen LogP contribution in [0.1, 0.15) is 40.9 Å². The fourth-order valence-electron chi connectivity index (χ4n) is 2.78. The van der Waals surface area contributed by atoms with E-state index in [-0.39, 0.29) is 17.2 Å². The monoisotopic (exact) mass is 284 g/mol. The van der Waals surface area contributed by atoms with E-state index < -0.39 is 0 Å². The van der Waals surface area contributed by atoms with Crippen LogP contribution in [0.5, 0.6) is 5.75 Å². The molecule has 0 fully saturated rings. The van der Waals surface area contributed by atoms with Gasteiger partial charge in [-0.2, -0.15) is 0 Å². The number of aryl methyl sites for hydroxylation is 1. The van der Waals surface area contributed by atoms with Gasteiger partial charge in [-0.3, -0.25) is 4.79 Å². The first-order chi connectivity index (χ1) is 9.84. The number of carbonyl (C=O) groups excluding carboxylic acids is 1. The zero-order valence-electron chi connectivity index (χ0n) is 12.4. The first kappa shape index (κ1) is 13.8. The van der Waals surface area contributed by atoms with Gasteiger partial charge in [0.05, 0.1) is 0 Å². The number of hydrogen-bond acceptors (Lipinski definition) is 2. The Bertz CT molecular complexity index is 712. The van der Waals surface area contributed by atoms with Crippen LogP contribution in [0.3, 0.4) is 0 Å². The molecule has 0 aliphatic carbocycles. The number of carbonyl (C=O) groups is 1. The summed E-state index contributed by atoms with van der Waals surface area (Å²) in [5.74, 6) is 0.279. The number of fused-ring (bicyclic) bond motifs is 1. The lowest BCUT2D eigenvalue weighted by molar-refractivity contribution is 0.103. The van der Waals surface area contributed by atoms with Gasteiger partial charge in [0.25, 0.3) is 0 Å². The average molecular weight is 284 g/mol. The highest BCUT2D eigenvalue weighted by Gasteiger charge is 2.30. The smallest absolute Gasteiger partial charge is 0.193 e. The molecule has 0 saturated carbocycles. The van der Waals surface area contributed by atoms with Crippen molar-refractivity contribution in [1.29, 1.82) is 0 Å². The quantitative estimate of drug-likeness (QED) is 0.777. The number of rotatable bonds is 2. The van der Waals surface area contributed by atoms with Crippen molar-refractivity contribution in [2.45, 2.75) is 32.8 Å². The van der Waals surface area contributed by atoms with Crippen molar-refractivity contribution in [3.05, 3.63) is 64.5 Å². The molecular formula is C18H17FO2. The van der Waals surface area contributed by atoms with Crippen molar-refractivity contribution < 1.29 is 13.9 Å². The maximum Gasteiger partial charge on any atom is 0.193 e. The van der Waals surface area contributed by atoms with E-state index in [2.05, 4.69) is 0 Å². The van der Waals surface area contributed by atoms with Crippen LogP contribution in [0, 0.1) is 12.7 Å². The highest BCUT2D eigenvalue weighted by Crippen LogP contribution is 2.35. The molecule has 108 valence electrons. The van der Waals surface area contributed by atoms with Crippen LogP contribution < -0.4 is 4.74 Å². The molecule has 2 aromatic rings. The average Bonchev–Trinajstić information content (AvgIpc) is 2.69. The van der Waals surface area contributed by atoms with E-state index in [0.29, 0.717) is 11.1 Å². The van der Waals surface area contributed by atoms with Crippen molar-refractivity contribution in [2.24, 2.45) is 0 Å². The van der Waals surface area contributed by atoms with Gasteiger partial charge in [0.15, 0.2) is 5.78 Å². The van der Waals surface area contributed by atoms with Gasteiger partial charge in [0, 0.05) is 17.5 Å². The fourth-order valence-corrected chi connectivity index (χ4v) is 2.78. The molecule has 0 N–H and O–H groups in total. The van der Waals surface area contributed by atoms with E-state index in [1.165, 1.54) is 12.1 Å². The molecule has 2 nitrogen and oxygen atoms in total. The molecule has 0 bridgehead atoms. The van der Waals surface area contributed by atoms with Gasteiger partial charge in [0.2, 0.25) is 0 Å². The number of benzene rings is 2. The van der Waals surface area contributed by atoms with Gasteiger partial charge in [-0.05, 0) is 68.3 Å². The second-order valence-electron chi connectivity index (χ2n) is 6.21. The summed E-state index contributed by atoms with van der Waals surface area (Å²) in [6, 6.07) is 9.82. The molecule has 2 aromatic carbocycles. The number of ether oxygens (including phenoxy) is 1. The first-order valence-corrected chi connectivity index (χ1v) is 6.98. The maximum atomic E-state index is 13.5. The third-order valence-electron chi connectivity index (χ3n) is 3.63. The van der Waals surface area contributed by atoms with E-state index >= 15 is 0 Å². The lowest BCUT2D eigenvalue weighted by Crippen LogP contribution is -2.24. The Kier molecular flexibility index (Phi) is 3.08. The van der Waals surface area contributed by atoms with Crippen LogP contribution in [0.25, 0.3) is 0 Å². The third-order valence-corrected chi connectivity index (χ3v) is 3.63. The van der Waals surface area contributed by atoms with Crippen molar-refractivity contribution in [3.63, 3.8) is 0 Å². The zero-order valence-corrected chi connectivity index (χ0v) is 12.4. The maximum absolute atomic E-state index is 13.5. The molecule has 0 saturated heterocycles. The summed E-state index contributed by atoms with van der Waals surface area (Å²) < 4.78 is 19.3. The number of ketones is 1. The molecule has 3 heteroatoms. The van der Waals surface area contributed by atoms with Crippen molar-refractivity contribution in [3.8, 4) is 5.75 Å². The summed E-state index contributed by atoms with van der Waals surface area (Å²) in [7, 11) is 0. The molecule has 0 aromatic heterocycles. The van der Waals surface area contributed by atoms with E-state index in [0.717, 1.165) is 23.3 Å². The SMILES string of the molecule is Cc1cc(F)cc(C(=O)c2ccc3c(c2)CC(C)(C)O3)c1. The second-order valence-corrected chi connectivity index (χ2v) is 6.21. The zero-order chi connectivity index (χ0) is 15.2. The Balaban J connectivity index is 1.97. The number of halogens is 1. The summed E-state index contributed by atoms with van der Waals surface area (Å²) in [5, 5.41) is 0. The predicted octanol–water partition coefficient (Wildman–Crippen LogP) is 4.08. The van der Waals surface area contributed by atoms with Crippen LogP contribution in [0.4, 0.5) is 4.39 Å². The van der Waals surface area contributed by atoms with Crippen LogP contribution in [-0.2, 0) is 6.42 Å². The molecule has 3 rings (SSSR count). The molecule has 1 aliphatic rings. The highest BCUT2D eigenvalue weighted by atomic mass is 19.1. The summed E-state index contributed by atoms with van der Waals surface area (Å²) in [6.07, 6.45) is 0.769. The first-order valence-electron chi connectivity index (χ1n) is 6.98. The molecule has 1 heterocycles. The van der Waals surface area contributed by atoms with Crippen LogP contribution in [-0.4, -0.2) is 11.4 Å².